The van der Waals surface area contributed by atoms with Crippen LogP contribution in [0.25, 0.3) is 10.9 Å². The number of rotatable bonds is 5. The molecule has 140 valence electrons. The molecule has 2 heterocycles. The number of likely N-dealkylation sites (tertiary alicyclic amines) is 1. The third kappa shape index (κ3) is 3.90. The van der Waals surface area contributed by atoms with Gasteiger partial charge in [0, 0.05) is 36.5 Å². The second kappa shape index (κ2) is 7.91. The molecule has 0 radical (unpaired) electrons. The second-order valence-corrected chi connectivity index (χ2v) is 7.30. The van der Waals surface area contributed by atoms with E-state index in [9.17, 15) is 9.59 Å². The van der Waals surface area contributed by atoms with E-state index >= 15 is 0 Å². The van der Waals surface area contributed by atoms with Crippen molar-refractivity contribution in [2.24, 2.45) is 11.7 Å². The minimum Gasteiger partial charge on any atom is -0.350 e. The summed E-state index contributed by atoms with van der Waals surface area (Å²) in [5.74, 6) is 0.305. The van der Waals surface area contributed by atoms with Gasteiger partial charge in [-0.1, -0.05) is 25.1 Å². The summed E-state index contributed by atoms with van der Waals surface area (Å²) >= 11 is 0. The summed E-state index contributed by atoms with van der Waals surface area (Å²) < 4.78 is 0. The van der Waals surface area contributed by atoms with E-state index in [0.29, 0.717) is 31.7 Å². The molecule has 6 heteroatoms. The van der Waals surface area contributed by atoms with Crippen LogP contribution in [-0.4, -0.2) is 47.4 Å². The summed E-state index contributed by atoms with van der Waals surface area (Å²) in [6.45, 7) is 6.02. The number of hydrogen-bond acceptors (Lipinski definition) is 3. The van der Waals surface area contributed by atoms with E-state index in [4.69, 9.17) is 5.73 Å². The molecule has 1 aliphatic heterocycles. The molecule has 1 saturated heterocycles. The second-order valence-electron chi connectivity index (χ2n) is 7.30. The van der Waals surface area contributed by atoms with E-state index in [2.05, 4.69) is 17.2 Å². The van der Waals surface area contributed by atoms with Crippen LogP contribution in [0.15, 0.2) is 24.3 Å². The van der Waals surface area contributed by atoms with Gasteiger partial charge in [0.2, 0.25) is 5.91 Å². The topological polar surface area (TPSA) is 91.2 Å². The number of aromatic nitrogens is 1. The van der Waals surface area contributed by atoms with Crippen molar-refractivity contribution in [2.45, 2.75) is 39.2 Å². The fourth-order valence-electron chi connectivity index (χ4n) is 3.67. The smallest absolute Gasteiger partial charge is 0.267 e. The van der Waals surface area contributed by atoms with Crippen LogP contribution < -0.4 is 11.1 Å². The van der Waals surface area contributed by atoms with Gasteiger partial charge in [0.05, 0.1) is 0 Å². The summed E-state index contributed by atoms with van der Waals surface area (Å²) in [5.41, 5.74) is 8.20. The zero-order valence-electron chi connectivity index (χ0n) is 15.5. The number of carbonyl (C=O) groups is 2. The van der Waals surface area contributed by atoms with E-state index in [1.54, 1.807) is 0 Å². The first-order valence-electron chi connectivity index (χ1n) is 9.36. The molecule has 1 fully saturated rings. The number of nitrogens with two attached hydrogens (primary N) is 1. The van der Waals surface area contributed by atoms with Gasteiger partial charge in [-0.05, 0) is 43.9 Å². The molecule has 0 spiro atoms. The summed E-state index contributed by atoms with van der Waals surface area (Å²) in [7, 11) is 0. The summed E-state index contributed by atoms with van der Waals surface area (Å²) in [6, 6.07) is 8.00. The van der Waals surface area contributed by atoms with Crippen molar-refractivity contribution in [1.82, 2.24) is 15.2 Å². The third-order valence-corrected chi connectivity index (χ3v) is 5.28. The summed E-state index contributed by atoms with van der Waals surface area (Å²) in [4.78, 5) is 29.9. The largest absolute Gasteiger partial charge is 0.350 e. The molecule has 0 bridgehead atoms. The third-order valence-electron chi connectivity index (χ3n) is 5.28. The number of aryl methyl sites for hydroxylation is 1. The number of benzene rings is 1. The highest BCUT2D eigenvalue weighted by Gasteiger charge is 2.29. The Morgan fingerprint density at radius 3 is 2.88 bits per heavy atom. The first kappa shape index (κ1) is 18.5. The predicted octanol–water partition coefficient (Wildman–Crippen LogP) is 2.18. The van der Waals surface area contributed by atoms with Gasteiger partial charge in [-0.2, -0.15) is 0 Å². The van der Waals surface area contributed by atoms with Gasteiger partial charge in [0.15, 0.2) is 0 Å². The van der Waals surface area contributed by atoms with Crippen LogP contribution in [-0.2, 0) is 4.79 Å². The van der Waals surface area contributed by atoms with Crippen molar-refractivity contribution < 1.29 is 9.59 Å². The van der Waals surface area contributed by atoms with Crippen LogP contribution in [0.3, 0.4) is 0 Å². The quantitative estimate of drug-likeness (QED) is 0.767. The van der Waals surface area contributed by atoms with E-state index < -0.39 is 0 Å². The van der Waals surface area contributed by atoms with E-state index in [0.717, 1.165) is 29.3 Å². The lowest BCUT2D eigenvalue weighted by atomic mass is 9.93. The number of para-hydroxylation sites is 1. The number of amides is 2. The SMILES string of the molecule is Cc1cccc2cc(C(=O)N[C@@H]3CCN(C(=O)CCCN)C[C@@H]3C)[nH]c12. The van der Waals surface area contributed by atoms with Crippen molar-refractivity contribution in [3.63, 3.8) is 0 Å². The van der Waals surface area contributed by atoms with Gasteiger partial charge in [0.25, 0.3) is 5.91 Å². The van der Waals surface area contributed by atoms with Crippen molar-refractivity contribution in [3.05, 3.63) is 35.5 Å². The van der Waals surface area contributed by atoms with Crippen molar-refractivity contribution in [3.8, 4) is 0 Å². The highest BCUT2D eigenvalue weighted by atomic mass is 16.2. The number of carbonyl (C=O) groups excluding carboxylic acids is 2. The molecular formula is C20H28N4O2. The average molecular weight is 356 g/mol. The number of aromatic amines is 1. The number of fused-ring (bicyclic) bond motifs is 1. The number of hydrogen-bond donors (Lipinski definition) is 3. The monoisotopic (exact) mass is 356 g/mol. The molecule has 0 unspecified atom stereocenters. The highest BCUT2D eigenvalue weighted by molar-refractivity contribution is 5.98. The Labute approximate surface area is 154 Å². The van der Waals surface area contributed by atoms with Gasteiger partial charge >= 0.3 is 0 Å². The molecule has 2 aromatic rings. The van der Waals surface area contributed by atoms with Crippen molar-refractivity contribution >= 4 is 22.7 Å². The Kier molecular flexibility index (Phi) is 5.61. The Hall–Kier alpha value is -2.34. The Morgan fingerprint density at radius 2 is 2.19 bits per heavy atom. The molecule has 3 rings (SSSR count). The minimum atomic E-state index is -0.0830. The Bertz CT molecular complexity index is 798. The van der Waals surface area contributed by atoms with Crippen LogP contribution in [0.2, 0.25) is 0 Å². The molecule has 4 N–H and O–H groups in total. The average Bonchev–Trinajstić information content (AvgIpc) is 3.07. The van der Waals surface area contributed by atoms with E-state index in [1.807, 2.05) is 36.1 Å². The molecule has 2 amide bonds. The van der Waals surface area contributed by atoms with Gasteiger partial charge in [0.1, 0.15) is 5.69 Å². The van der Waals surface area contributed by atoms with Gasteiger partial charge in [-0.3, -0.25) is 9.59 Å². The van der Waals surface area contributed by atoms with Crippen LogP contribution in [0.5, 0.6) is 0 Å². The molecule has 2 atom stereocenters. The summed E-state index contributed by atoms with van der Waals surface area (Å²) in [6.07, 6.45) is 2.01. The van der Waals surface area contributed by atoms with Gasteiger partial charge < -0.3 is 20.9 Å². The fourth-order valence-corrected chi connectivity index (χ4v) is 3.67. The molecule has 6 nitrogen and oxygen atoms in total. The zero-order valence-corrected chi connectivity index (χ0v) is 15.5. The lowest BCUT2D eigenvalue weighted by Crippen LogP contribution is -2.51. The number of piperidine rings is 1. The van der Waals surface area contributed by atoms with Crippen LogP contribution in [0.1, 0.15) is 42.2 Å². The Morgan fingerprint density at radius 1 is 1.38 bits per heavy atom. The zero-order chi connectivity index (χ0) is 18.7. The lowest BCUT2D eigenvalue weighted by Gasteiger charge is -2.37. The highest BCUT2D eigenvalue weighted by Crippen LogP contribution is 2.21. The first-order chi connectivity index (χ1) is 12.5. The maximum atomic E-state index is 12.7. The van der Waals surface area contributed by atoms with Crippen molar-refractivity contribution in [1.29, 1.82) is 0 Å². The molecule has 0 saturated carbocycles. The number of H-pyrrole nitrogens is 1. The maximum absolute atomic E-state index is 12.7. The van der Waals surface area contributed by atoms with Crippen LogP contribution in [0.4, 0.5) is 0 Å². The van der Waals surface area contributed by atoms with Gasteiger partial charge in [-0.25, -0.2) is 0 Å². The first-order valence-corrected chi connectivity index (χ1v) is 9.36. The van der Waals surface area contributed by atoms with Crippen LogP contribution >= 0.6 is 0 Å². The number of nitrogens with zero attached hydrogens (tertiary/aromatic N) is 1. The van der Waals surface area contributed by atoms with Crippen molar-refractivity contribution in [2.75, 3.05) is 19.6 Å². The number of nitrogens with one attached hydrogen (secondary N) is 2. The standard InChI is InChI=1S/C20H28N4O2/c1-13-5-3-6-15-11-17(22-19(13)15)20(26)23-16-8-10-24(12-14(16)2)18(25)7-4-9-21/h3,5-6,11,14,16,22H,4,7-10,12,21H2,1-2H3,(H,23,26)/t14-,16+/m0/s1. The Balaban J connectivity index is 1.61. The normalized spacial score (nSPS) is 20.3. The molecule has 1 aromatic carbocycles. The van der Waals surface area contributed by atoms with E-state index in [1.165, 1.54) is 0 Å². The predicted molar refractivity (Wildman–Crippen MR) is 103 cm³/mol. The van der Waals surface area contributed by atoms with E-state index in [-0.39, 0.29) is 23.8 Å². The molecule has 0 aliphatic carbocycles. The van der Waals surface area contributed by atoms with Crippen LogP contribution in [0, 0.1) is 12.8 Å². The molecule has 1 aromatic heterocycles. The molecule has 1 aliphatic rings. The fraction of sp³-hybridized carbons (Fsp3) is 0.500. The maximum Gasteiger partial charge on any atom is 0.267 e. The minimum absolute atomic E-state index is 0.0774. The lowest BCUT2D eigenvalue weighted by molar-refractivity contribution is -0.133. The molecule has 26 heavy (non-hydrogen) atoms. The molecular weight excluding hydrogens is 328 g/mol. The summed E-state index contributed by atoms with van der Waals surface area (Å²) in [5, 5.41) is 4.18. The van der Waals surface area contributed by atoms with Gasteiger partial charge in [-0.15, -0.1) is 0 Å².